The van der Waals surface area contributed by atoms with E-state index in [-0.39, 0.29) is 29.7 Å². The van der Waals surface area contributed by atoms with E-state index >= 15 is 0 Å². The maximum atomic E-state index is 13.2. The minimum atomic E-state index is -4.42. The fraction of sp³-hybridized carbons (Fsp3) is 0.579. The van der Waals surface area contributed by atoms with Gasteiger partial charge in [0.1, 0.15) is 0 Å². The number of rotatable bonds is 4. The van der Waals surface area contributed by atoms with Gasteiger partial charge in [0.05, 0.1) is 11.5 Å². The lowest BCUT2D eigenvalue weighted by molar-refractivity contribution is -0.143. The van der Waals surface area contributed by atoms with Crippen molar-refractivity contribution in [3.8, 4) is 0 Å². The van der Waals surface area contributed by atoms with E-state index in [0.717, 1.165) is 6.07 Å². The lowest BCUT2D eigenvalue weighted by Gasteiger charge is -2.27. The molecule has 3 N–H and O–H groups in total. The molecule has 1 aromatic carbocycles. The van der Waals surface area contributed by atoms with E-state index in [0.29, 0.717) is 45.2 Å². The molecule has 2 aliphatic rings. The van der Waals surface area contributed by atoms with Gasteiger partial charge in [0, 0.05) is 30.9 Å². The predicted octanol–water partition coefficient (Wildman–Crippen LogP) is 3.23. The molecule has 1 aromatic rings. The highest BCUT2D eigenvalue weighted by Gasteiger charge is 2.36. The third-order valence-electron chi connectivity index (χ3n) is 5.49. The Bertz CT molecular complexity index is 718. The van der Waals surface area contributed by atoms with Crippen LogP contribution in [0.15, 0.2) is 24.3 Å². The third-order valence-corrected chi connectivity index (χ3v) is 5.49. The first-order valence-corrected chi connectivity index (χ1v) is 9.45. The molecule has 1 aliphatic heterocycles. The quantitative estimate of drug-likeness (QED) is 0.726. The van der Waals surface area contributed by atoms with E-state index in [9.17, 15) is 22.8 Å². The summed E-state index contributed by atoms with van der Waals surface area (Å²) in [6.45, 7) is 0.744. The van der Waals surface area contributed by atoms with Crippen LogP contribution in [0.4, 0.5) is 23.7 Å². The topological polar surface area (TPSA) is 81.7 Å². The van der Waals surface area contributed by atoms with Gasteiger partial charge in [0.25, 0.3) is 0 Å². The van der Waals surface area contributed by atoms with Gasteiger partial charge in [-0.05, 0) is 44.2 Å². The lowest BCUT2D eigenvalue weighted by atomic mass is 9.86. The molecule has 1 unspecified atom stereocenters. The van der Waals surface area contributed by atoms with Crippen molar-refractivity contribution in [3.63, 3.8) is 0 Å². The first-order valence-electron chi connectivity index (χ1n) is 9.45. The number of carbonyl (C=O) groups is 2. The first-order chi connectivity index (χ1) is 13.2. The summed E-state index contributed by atoms with van der Waals surface area (Å²) in [5.41, 5.74) is -0.540. The largest absolute Gasteiger partial charge is 0.481 e. The molecule has 9 heteroatoms. The van der Waals surface area contributed by atoms with Crippen LogP contribution >= 0.6 is 0 Å². The Balaban J connectivity index is 1.50. The standard InChI is InChI=1S/C19H24F3N3O3/c20-19(21,22)15-3-1-2-4-16(15)25-10-9-14(11-25)24-18(28)23-13-7-5-12(6-8-13)17(26)27/h1-4,12-14H,5-11H2,(H,26,27)(H2,23,24,28). The van der Waals surface area contributed by atoms with Crippen LogP contribution in [-0.4, -0.2) is 42.3 Å². The summed E-state index contributed by atoms with van der Waals surface area (Å²) < 4.78 is 39.6. The second-order valence-corrected chi connectivity index (χ2v) is 7.45. The van der Waals surface area contributed by atoms with Gasteiger partial charge in [-0.25, -0.2) is 4.79 Å². The van der Waals surface area contributed by atoms with E-state index in [2.05, 4.69) is 10.6 Å². The average molecular weight is 399 g/mol. The van der Waals surface area contributed by atoms with Crippen LogP contribution in [0.25, 0.3) is 0 Å². The van der Waals surface area contributed by atoms with Gasteiger partial charge in [0.15, 0.2) is 0 Å². The number of aliphatic carboxylic acids is 1. The lowest BCUT2D eigenvalue weighted by Crippen LogP contribution is -2.48. The van der Waals surface area contributed by atoms with Crippen molar-refractivity contribution >= 4 is 17.7 Å². The molecule has 0 spiro atoms. The number of hydrogen-bond acceptors (Lipinski definition) is 3. The van der Waals surface area contributed by atoms with E-state index < -0.39 is 17.7 Å². The molecular formula is C19H24F3N3O3. The highest BCUT2D eigenvalue weighted by Crippen LogP contribution is 2.37. The van der Waals surface area contributed by atoms with Crippen molar-refractivity contribution in [1.29, 1.82) is 0 Å². The van der Waals surface area contributed by atoms with Crippen LogP contribution in [0.1, 0.15) is 37.7 Å². The zero-order chi connectivity index (χ0) is 20.3. The normalized spacial score (nSPS) is 25.4. The molecule has 1 saturated heterocycles. The number of carboxylic acids is 1. The van der Waals surface area contributed by atoms with Gasteiger partial charge in [-0.2, -0.15) is 13.2 Å². The van der Waals surface area contributed by atoms with E-state index in [1.165, 1.54) is 12.1 Å². The minimum Gasteiger partial charge on any atom is -0.481 e. The second kappa shape index (κ2) is 8.28. The summed E-state index contributed by atoms with van der Waals surface area (Å²) in [6.07, 6.45) is -1.57. The van der Waals surface area contributed by atoms with Crippen LogP contribution in [-0.2, 0) is 11.0 Å². The first kappa shape index (κ1) is 20.3. The summed E-state index contributed by atoms with van der Waals surface area (Å²) in [7, 11) is 0. The molecule has 1 aliphatic carbocycles. The summed E-state index contributed by atoms with van der Waals surface area (Å²) in [5, 5.41) is 14.7. The van der Waals surface area contributed by atoms with E-state index in [4.69, 9.17) is 5.11 Å². The number of nitrogens with zero attached hydrogens (tertiary/aromatic N) is 1. The highest BCUT2D eigenvalue weighted by molar-refractivity contribution is 5.75. The van der Waals surface area contributed by atoms with Crippen molar-refractivity contribution in [2.45, 2.75) is 50.4 Å². The summed E-state index contributed by atoms with van der Waals surface area (Å²) in [5.74, 6) is -1.15. The Morgan fingerprint density at radius 2 is 1.64 bits per heavy atom. The molecule has 1 saturated carbocycles. The molecule has 0 radical (unpaired) electrons. The van der Waals surface area contributed by atoms with Crippen molar-refractivity contribution in [3.05, 3.63) is 29.8 Å². The molecule has 3 rings (SSSR count). The van der Waals surface area contributed by atoms with Gasteiger partial charge in [-0.3, -0.25) is 4.79 Å². The molecule has 154 valence electrons. The summed E-state index contributed by atoms with van der Waals surface area (Å²) in [6, 6.07) is 4.80. The number of urea groups is 1. The van der Waals surface area contributed by atoms with Crippen molar-refractivity contribution in [2.75, 3.05) is 18.0 Å². The average Bonchev–Trinajstić information content (AvgIpc) is 3.09. The van der Waals surface area contributed by atoms with E-state index in [1.54, 1.807) is 11.0 Å². The SMILES string of the molecule is O=C(NC1CCC(C(=O)O)CC1)NC1CCN(c2ccccc2C(F)(F)F)C1. The fourth-order valence-electron chi connectivity index (χ4n) is 3.98. The minimum absolute atomic E-state index is 0.0703. The molecule has 6 nitrogen and oxygen atoms in total. The zero-order valence-electron chi connectivity index (χ0n) is 15.3. The third kappa shape index (κ3) is 4.88. The Kier molecular flexibility index (Phi) is 6.00. The maximum absolute atomic E-state index is 13.2. The van der Waals surface area contributed by atoms with Crippen molar-refractivity contribution < 1.29 is 27.9 Å². The molecular weight excluding hydrogens is 375 g/mol. The van der Waals surface area contributed by atoms with Crippen molar-refractivity contribution in [1.82, 2.24) is 10.6 Å². The monoisotopic (exact) mass is 399 g/mol. The molecule has 0 bridgehead atoms. The Morgan fingerprint density at radius 3 is 2.29 bits per heavy atom. The van der Waals surface area contributed by atoms with Crippen LogP contribution in [0.3, 0.4) is 0 Å². The molecule has 1 atom stereocenters. The van der Waals surface area contributed by atoms with Gasteiger partial charge >= 0.3 is 18.2 Å². The smallest absolute Gasteiger partial charge is 0.418 e. The number of halogens is 3. The Labute approximate surface area is 161 Å². The number of para-hydroxylation sites is 1. The summed E-state index contributed by atoms with van der Waals surface area (Å²) in [4.78, 5) is 24.8. The molecule has 2 amide bonds. The van der Waals surface area contributed by atoms with Crippen LogP contribution < -0.4 is 15.5 Å². The number of amides is 2. The molecule has 1 heterocycles. The number of hydrogen-bond donors (Lipinski definition) is 3. The van der Waals surface area contributed by atoms with Crippen LogP contribution in [0, 0.1) is 5.92 Å². The van der Waals surface area contributed by atoms with Gasteiger partial charge in [0.2, 0.25) is 0 Å². The summed E-state index contributed by atoms with van der Waals surface area (Å²) >= 11 is 0. The van der Waals surface area contributed by atoms with Crippen molar-refractivity contribution in [2.24, 2.45) is 5.92 Å². The highest BCUT2D eigenvalue weighted by atomic mass is 19.4. The number of alkyl halides is 3. The van der Waals surface area contributed by atoms with Gasteiger partial charge in [-0.1, -0.05) is 12.1 Å². The van der Waals surface area contributed by atoms with Gasteiger partial charge < -0.3 is 20.6 Å². The second-order valence-electron chi connectivity index (χ2n) is 7.45. The Morgan fingerprint density at radius 1 is 1.00 bits per heavy atom. The van der Waals surface area contributed by atoms with Crippen LogP contribution in [0.5, 0.6) is 0 Å². The molecule has 28 heavy (non-hydrogen) atoms. The number of nitrogens with one attached hydrogen (secondary N) is 2. The van der Waals surface area contributed by atoms with Crippen LogP contribution in [0.2, 0.25) is 0 Å². The number of benzene rings is 1. The number of anilines is 1. The maximum Gasteiger partial charge on any atom is 0.418 e. The van der Waals surface area contributed by atoms with Gasteiger partial charge in [-0.15, -0.1) is 0 Å². The Hall–Kier alpha value is -2.45. The fourth-order valence-corrected chi connectivity index (χ4v) is 3.98. The molecule has 0 aromatic heterocycles. The zero-order valence-corrected chi connectivity index (χ0v) is 15.3. The predicted molar refractivity (Wildman–Crippen MR) is 97.1 cm³/mol. The number of carbonyl (C=O) groups excluding carboxylic acids is 1. The van der Waals surface area contributed by atoms with E-state index in [1.807, 2.05) is 0 Å². The molecule has 2 fully saturated rings. The number of carboxylic acid groups (broad SMARTS) is 1.